The van der Waals surface area contributed by atoms with Crippen molar-refractivity contribution in [3.05, 3.63) is 11.6 Å². The molecule has 0 aromatic rings. The van der Waals surface area contributed by atoms with Crippen LogP contribution in [0.5, 0.6) is 0 Å². The number of carbonyl (C=O) groups is 4. The van der Waals surface area contributed by atoms with E-state index in [0.717, 1.165) is 18.4 Å². The number of rotatable bonds is 17. The average Bonchev–Trinajstić information content (AvgIpc) is 2.77. The summed E-state index contributed by atoms with van der Waals surface area (Å²) in [6, 6.07) is 0. The molecule has 0 heterocycles. The highest BCUT2D eigenvalue weighted by molar-refractivity contribution is 6.74. The summed E-state index contributed by atoms with van der Waals surface area (Å²) in [5.41, 5.74) is -0.0395. The highest BCUT2D eigenvalue weighted by Crippen LogP contribution is 2.41. The summed E-state index contributed by atoms with van der Waals surface area (Å²) in [5.74, 6) is -2.76. The quantitative estimate of drug-likeness (QED) is 0.122. The van der Waals surface area contributed by atoms with Gasteiger partial charge in [-0.3, -0.25) is 19.2 Å². The van der Waals surface area contributed by atoms with E-state index in [2.05, 4.69) is 20.8 Å². The van der Waals surface area contributed by atoms with Gasteiger partial charge in [-0.05, 0) is 57.2 Å². The molecule has 0 radical (unpaired) electrons. The van der Waals surface area contributed by atoms with Gasteiger partial charge in [-0.1, -0.05) is 60.1 Å². The lowest BCUT2D eigenvalue weighted by Crippen LogP contribution is -2.52. The third kappa shape index (κ3) is 12.1. The fraction of sp³-hybridized carbons (Fsp3) is 0.800. The smallest absolute Gasteiger partial charge is 0.305 e. The maximum absolute atomic E-state index is 13.6. The van der Waals surface area contributed by atoms with Gasteiger partial charge in [0.05, 0.1) is 18.6 Å². The zero-order chi connectivity index (χ0) is 30.9. The maximum Gasteiger partial charge on any atom is 0.305 e. The lowest BCUT2D eigenvalue weighted by atomic mass is 9.73. The summed E-state index contributed by atoms with van der Waals surface area (Å²) in [4.78, 5) is 48.2. The number of aliphatic hydroxyl groups is 1. The average molecular weight is 571 g/mol. The third-order valence-corrected chi connectivity index (χ3v) is 12.7. The van der Waals surface area contributed by atoms with Gasteiger partial charge in [-0.15, -0.1) is 0 Å². The molecule has 0 aromatic carbocycles. The second-order valence-corrected chi connectivity index (χ2v) is 18.0. The van der Waals surface area contributed by atoms with Crippen LogP contribution in [-0.2, 0) is 28.3 Å². The van der Waals surface area contributed by atoms with E-state index in [-0.39, 0.29) is 28.9 Å². The minimum absolute atomic E-state index is 0.150. The number of allylic oxidation sites excluding steroid dienone is 1. The van der Waals surface area contributed by atoms with Crippen LogP contribution in [0.1, 0.15) is 101 Å². The summed E-state index contributed by atoms with van der Waals surface area (Å²) in [5, 5.41) is 20.5. The van der Waals surface area contributed by atoms with E-state index in [1.54, 1.807) is 20.8 Å². The molecule has 0 saturated carbocycles. The Morgan fingerprint density at radius 1 is 0.974 bits per heavy atom. The van der Waals surface area contributed by atoms with Crippen molar-refractivity contribution in [3.63, 3.8) is 0 Å². The lowest BCUT2D eigenvalue weighted by molar-refractivity contribution is -0.152. The number of hydrogen-bond donors (Lipinski definition) is 2. The third-order valence-electron chi connectivity index (χ3n) is 8.22. The molecule has 0 saturated heterocycles. The van der Waals surface area contributed by atoms with Crippen LogP contribution in [0.4, 0.5) is 0 Å². The Morgan fingerprint density at radius 2 is 1.51 bits per heavy atom. The number of esters is 1. The fourth-order valence-electron chi connectivity index (χ4n) is 4.31. The first-order valence-electron chi connectivity index (χ1n) is 14.0. The van der Waals surface area contributed by atoms with E-state index >= 15 is 0 Å². The SMILES string of the molecule is CC(=O)OC(CC=C(C)CCCC(C)C(O)C(C)C(=O)C(C)(C)C(CC(=O)O)O[Si](C)(C)C(C)(C)C)C(C)=O. The number of aliphatic hydroxyl groups excluding tert-OH is 1. The summed E-state index contributed by atoms with van der Waals surface area (Å²) in [6.07, 6.45) is 1.69. The van der Waals surface area contributed by atoms with Crippen LogP contribution in [0.2, 0.25) is 18.1 Å². The Hall–Kier alpha value is -1.84. The molecule has 8 nitrogen and oxygen atoms in total. The molecule has 0 rings (SSSR count). The number of carboxylic acid groups (broad SMARTS) is 1. The van der Waals surface area contributed by atoms with Gasteiger partial charge in [0.25, 0.3) is 0 Å². The van der Waals surface area contributed by atoms with Crippen LogP contribution in [0.15, 0.2) is 11.6 Å². The van der Waals surface area contributed by atoms with Gasteiger partial charge in [0, 0.05) is 24.7 Å². The van der Waals surface area contributed by atoms with Gasteiger partial charge >= 0.3 is 11.9 Å². The Morgan fingerprint density at radius 3 is 1.95 bits per heavy atom. The molecule has 5 atom stereocenters. The van der Waals surface area contributed by atoms with E-state index in [1.165, 1.54) is 13.8 Å². The zero-order valence-corrected chi connectivity index (χ0v) is 27.3. The molecule has 0 spiro atoms. The summed E-state index contributed by atoms with van der Waals surface area (Å²) >= 11 is 0. The minimum Gasteiger partial charge on any atom is -0.481 e. The number of carbonyl (C=O) groups excluding carboxylic acids is 3. The first-order valence-corrected chi connectivity index (χ1v) is 16.9. The predicted octanol–water partition coefficient (Wildman–Crippen LogP) is 6.11. The van der Waals surface area contributed by atoms with Gasteiger partial charge in [0.1, 0.15) is 5.78 Å². The molecule has 0 aromatic heterocycles. The van der Waals surface area contributed by atoms with Crippen molar-refractivity contribution in [3.8, 4) is 0 Å². The molecule has 0 amide bonds. The number of aliphatic carboxylic acids is 1. The normalized spacial score (nSPS) is 17.1. The Kier molecular flexibility index (Phi) is 14.5. The predicted molar refractivity (Wildman–Crippen MR) is 156 cm³/mol. The summed E-state index contributed by atoms with van der Waals surface area (Å²) < 4.78 is 11.5. The zero-order valence-electron chi connectivity index (χ0n) is 26.3. The molecule has 9 heteroatoms. The van der Waals surface area contributed by atoms with Crippen LogP contribution in [0.25, 0.3) is 0 Å². The molecule has 226 valence electrons. The van der Waals surface area contributed by atoms with E-state index in [4.69, 9.17) is 9.16 Å². The molecule has 39 heavy (non-hydrogen) atoms. The van der Waals surface area contributed by atoms with Crippen molar-refractivity contribution in [1.29, 1.82) is 0 Å². The fourth-order valence-corrected chi connectivity index (χ4v) is 5.75. The largest absolute Gasteiger partial charge is 0.481 e. The monoisotopic (exact) mass is 570 g/mol. The van der Waals surface area contributed by atoms with Crippen molar-refractivity contribution >= 4 is 31.8 Å². The molecule has 0 aliphatic carbocycles. The Labute approximate surface area is 237 Å². The molecule has 0 aliphatic heterocycles. The molecule has 0 bridgehead atoms. The van der Waals surface area contributed by atoms with Gasteiger partial charge < -0.3 is 19.4 Å². The van der Waals surface area contributed by atoms with Gasteiger partial charge in [-0.25, -0.2) is 0 Å². The number of ether oxygens (including phenoxy) is 1. The van der Waals surface area contributed by atoms with Gasteiger partial charge in [0.2, 0.25) is 0 Å². The van der Waals surface area contributed by atoms with Crippen molar-refractivity contribution in [2.75, 3.05) is 0 Å². The van der Waals surface area contributed by atoms with Crippen LogP contribution >= 0.6 is 0 Å². The molecule has 0 fully saturated rings. The van der Waals surface area contributed by atoms with Crippen molar-refractivity contribution in [2.45, 2.75) is 138 Å². The van der Waals surface area contributed by atoms with Crippen molar-refractivity contribution in [1.82, 2.24) is 0 Å². The molecule has 2 N–H and O–H groups in total. The van der Waals surface area contributed by atoms with Crippen LogP contribution in [-0.4, -0.2) is 60.3 Å². The van der Waals surface area contributed by atoms with E-state index in [9.17, 15) is 29.4 Å². The molecule has 5 unspecified atom stereocenters. The number of carboxylic acids is 1. The highest BCUT2D eigenvalue weighted by atomic mass is 28.4. The van der Waals surface area contributed by atoms with Crippen LogP contribution in [0, 0.1) is 17.3 Å². The van der Waals surface area contributed by atoms with Crippen molar-refractivity contribution in [2.24, 2.45) is 17.3 Å². The standard InChI is InChI=1S/C30H54O8Si/c1-19(16-17-24(22(4)31)37-23(5)32)14-13-15-20(2)27(35)21(3)28(36)30(9,10)25(18-26(33)34)38-39(11,12)29(6,7)8/h16,20-21,24-25,27,35H,13-15,17-18H2,1-12H3,(H,33,34). The van der Waals surface area contributed by atoms with E-state index in [1.807, 2.05) is 33.0 Å². The number of hydrogen-bond acceptors (Lipinski definition) is 7. The maximum atomic E-state index is 13.6. The van der Waals surface area contributed by atoms with Gasteiger partial charge in [0.15, 0.2) is 20.2 Å². The van der Waals surface area contributed by atoms with Gasteiger partial charge in [-0.2, -0.15) is 0 Å². The number of Topliss-reactive ketones (excluding diaryl/α,β-unsaturated/α-hetero) is 2. The first-order chi connectivity index (χ1) is 17.5. The Bertz CT molecular complexity index is 884. The summed E-state index contributed by atoms with van der Waals surface area (Å²) in [7, 11) is -2.36. The Balaban J connectivity index is 5.32. The highest BCUT2D eigenvalue weighted by Gasteiger charge is 2.48. The minimum atomic E-state index is -2.36. The second-order valence-electron chi connectivity index (χ2n) is 13.2. The summed E-state index contributed by atoms with van der Waals surface area (Å²) in [6.45, 7) is 22.0. The van der Waals surface area contributed by atoms with Crippen LogP contribution < -0.4 is 0 Å². The molecule has 0 aliphatic rings. The van der Waals surface area contributed by atoms with Crippen molar-refractivity contribution < 1.29 is 38.6 Å². The first kappa shape index (κ1) is 37.2. The topological polar surface area (TPSA) is 127 Å². The van der Waals surface area contributed by atoms with Crippen LogP contribution in [0.3, 0.4) is 0 Å². The molecular formula is C30H54O8Si. The second kappa shape index (κ2) is 15.2. The lowest BCUT2D eigenvalue weighted by Gasteiger charge is -2.44. The molecular weight excluding hydrogens is 516 g/mol. The van der Waals surface area contributed by atoms with E-state index < -0.39 is 49.9 Å². The van der Waals surface area contributed by atoms with E-state index in [0.29, 0.717) is 12.8 Å². The number of ketones is 2.